The van der Waals surface area contributed by atoms with Gasteiger partial charge in [0.05, 0.1) is 12.5 Å². The number of carbonyl (C=O) groups excluding carboxylic acids is 1. The van der Waals surface area contributed by atoms with Gasteiger partial charge in [0.25, 0.3) is 0 Å². The number of hydrogen-bond acceptors (Lipinski definition) is 2. The molecule has 1 N–H and O–H groups in total. The molecular weight excluding hydrogens is 207 g/mol. The lowest BCUT2D eigenvalue weighted by atomic mass is 10.1. The number of nitrogens with zero attached hydrogens (tertiary/aromatic N) is 1. The average Bonchev–Trinajstić information content (AvgIpc) is 2.21. The highest BCUT2D eigenvalue weighted by Crippen LogP contribution is 2.08. The maximum Gasteiger partial charge on any atom is 0.225 e. The number of rotatable bonds is 3. The topological polar surface area (TPSA) is 52.9 Å². The fraction of sp³-hybridized carbons (Fsp3) is 0.333. The predicted octanol–water partition coefficient (Wildman–Crippen LogP) is 1.79. The first-order valence-corrected chi connectivity index (χ1v) is 4.90. The van der Waals surface area contributed by atoms with Crippen LogP contribution in [0.3, 0.4) is 0 Å². The number of amides is 1. The van der Waals surface area contributed by atoms with Gasteiger partial charge in [0, 0.05) is 0 Å². The highest BCUT2D eigenvalue weighted by Gasteiger charge is 2.19. The zero-order valence-electron chi connectivity index (χ0n) is 9.25. The molecule has 0 atom stereocenters. The summed E-state index contributed by atoms with van der Waals surface area (Å²) in [5.74, 6) is -0.774. The maximum absolute atomic E-state index is 13.2. The van der Waals surface area contributed by atoms with E-state index in [1.807, 2.05) is 6.07 Å². The molecule has 1 aromatic carbocycles. The molecule has 0 aliphatic heterocycles. The van der Waals surface area contributed by atoms with Crippen LogP contribution in [0.4, 0.5) is 4.39 Å². The quantitative estimate of drug-likeness (QED) is 0.844. The number of nitrogens with one attached hydrogen (secondary N) is 1. The number of halogens is 1. The first-order valence-electron chi connectivity index (χ1n) is 4.90. The summed E-state index contributed by atoms with van der Waals surface area (Å²) in [5, 5.41) is 11.2. The molecular formula is C12H13FN2O. The summed E-state index contributed by atoms with van der Waals surface area (Å²) in [6.07, 6.45) is -0.0578. The minimum Gasteiger partial charge on any atom is -0.338 e. The van der Waals surface area contributed by atoms with Crippen molar-refractivity contribution in [2.75, 3.05) is 0 Å². The lowest BCUT2D eigenvalue weighted by Crippen LogP contribution is -2.42. The minimum atomic E-state index is -0.928. The Hall–Kier alpha value is -1.89. The van der Waals surface area contributed by atoms with Gasteiger partial charge in [0.15, 0.2) is 0 Å². The lowest BCUT2D eigenvalue weighted by Gasteiger charge is -2.17. The summed E-state index contributed by atoms with van der Waals surface area (Å²) >= 11 is 0. The molecule has 0 saturated carbocycles. The van der Waals surface area contributed by atoms with Gasteiger partial charge in [-0.3, -0.25) is 4.79 Å². The second kappa shape index (κ2) is 4.75. The Morgan fingerprint density at radius 1 is 1.50 bits per heavy atom. The van der Waals surface area contributed by atoms with Crippen LogP contribution in [0.5, 0.6) is 0 Å². The first-order chi connectivity index (χ1) is 7.44. The van der Waals surface area contributed by atoms with E-state index in [-0.39, 0.29) is 12.3 Å². The number of benzene rings is 1. The number of carbonyl (C=O) groups is 1. The van der Waals surface area contributed by atoms with Crippen molar-refractivity contribution >= 4 is 5.91 Å². The van der Waals surface area contributed by atoms with E-state index in [0.29, 0.717) is 5.56 Å². The van der Waals surface area contributed by atoms with E-state index in [2.05, 4.69) is 5.32 Å². The molecule has 0 aliphatic rings. The van der Waals surface area contributed by atoms with E-state index >= 15 is 0 Å². The average molecular weight is 220 g/mol. The summed E-state index contributed by atoms with van der Waals surface area (Å²) in [6.45, 7) is 3.18. The SMILES string of the molecule is CC(C)(C#N)NC(=O)Cc1ccccc1F. The third kappa shape index (κ3) is 3.35. The van der Waals surface area contributed by atoms with Gasteiger partial charge in [-0.05, 0) is 25.5 Å². The summed E-state index contributed by atoms with van der Waals surface area (Å²) in [5.41, 5.74) is -0.601. The van der Waals surface area contributed by atoms with Crippen LogP contribution in [0.15, 0.2) is 24.3 Å². The highest BCUT2D eigenvalue weighted by atomic mass is 19.1. The van der Waals surface area contributed by atoms with Crippen LogP contribution < -0.4 is 5.32 Å². The fourth-order valence-corrected chi connectivity index (χ4v) is 1.24. The zero-order valence-corrected chi connectivity index (χ0v) is 9.25. The number of hydrogen-bond donors (Lipinski definition) is 1. The molecule has 1 rings (SSSR count). The Balaban J connectivity index is 2.67. The van der Waals surface area contributed by atoms with Crippen LogP contribution in [0.1, 0.15) is 19.4 Å². The van der Waals surface area contributed by atoms with Crippen molar-refractivity contribution in [3.63, 3.8) is 0 Å². The minimum absolute atomic E-state index is 0.0578. The maximum atomic E-state index is 13.2. The molecule has 0 unspecified atom stereocenters. The van der Waals surface area contributed by atoms with Gasteiger partial charge in [-0.25, -0.2) is 4.39 Å². The van der Waals surface area contributed by atoms with E-state index in [0.717, 1.165) is 0 Å². The molecule has 3 nitrogen and oxygen atoms in total. The van der Waals surface area contributed by atoms with Gasteiger partial charge in [-0.15, -0.1) is 0 Å². The molecule has 0 fully saturated rings. The summed E-state index contributed by atoms with van der Waals surface area (Å²) in [4.78, 5) is 11.5. The smallest absolute Gasteiger partial charge is 0.225 e. The molecule has 0 saturated heterocycles. The van der Waals surface area contributed by atoms with E-state index < -0.39 is 11.4 Å². The van der Waals surface area contributed by atoms with Crippen molar-refractivity contribution in [1.29, 1.82) is 5.26 Å². The van der Waals surface area contributed by atoms with E-state index in [4.69, 9.17) is 5.26 Å². The van der Waals surface area contributed by atoms with Crippen molar-refractivity contribution in [1.82, 2.24) is 5.32 Å². The van der Waals surface area contributed by atoms with Crippen LogP contribution in [-0.2, 0) is 11.2 Å². The second-order valence-electron chi connectivity index (χ2n) is 4.05. The Labute approximate surface area is 93.9 Å². The van der Waals surface area contributed by atoms with Crippen molar-refractivity contribution in [3.8, 4) is 6.07 Å². The van der Waals surface area contributed by atoms with E-state index in [1.54, 1.807) is 32.0 Å². The van der Waals surface area contributed by atoms with Crippen molar-refractivity contribution in [2.24, 2.45) is 0 Å². The van der Waals surface area contributed by atoms with Gasteiger partial charge in [-0.2, -0.15) is 5.26 Å². The summed E-state index contributed by atoms with van der Waals surface area (Å²) in [7, 11) is 0. The second-order valence-corrected chi connectivity index (χ2v) is 4.05. The molecule has 0 aromatic heterocycles. The summed E-state index contributed by atoms with van der Waals surface area (Å²) < 4.78 is 13.2. The fourth-order valence-electron chi connectivity index (χ4n) is 1.24. The normalized spacial score (nSPS) is 10.6. The van der Waals surface area contributed by atoms with Gasteiger partial charge in [0.1, 0.15) is 11.4 Å². The molecule has 0 spiro atoms. The summed E-state index contributed by atoms with van der Waals surface area (Å²) in [6, 6.07) is 8.03. The largest absolute Gasteiger partial charge is 0.338 e. The lowest BCUT2D eigenvalue weighted by molar-refractivity contribution is -0.121. The van der Waals surface area contributed by atoms with Gasteiger partial charge < -0.3 is 5.32 Å². The van der Waals surface area contributed by atoms with Crippen molar-refractivity contribution in [3.05, 3.63) is 35.6 Å². The van der Waals surface area contributed by atoms with Crippen LogP contribution in [0, 0.1) is 17.1 Å². The highest BCUT2D eigenvalue weighted by molar-refractivity contribution is 5.79. The molecule has 1 amide bonds. The molecule has 0 bridgehead atoms. The standard InChI is InChI=1S/C12H13FN2O/c1-12(2,8-14)15-11(16)7-9-5-3-4-6-10(9)13/h3-6H,7H2,1-2H3,(H,15,16). The molecule has 84 valence electrons. The Bertz CT molecular complexity index is 435. The van der Waals surface area contributed by atoms with Crippen LogP contribution in [0.25, 0.3) is 0 Å². The third-order valence-electron chi connectivity index (χ3n) is 2.04. The Morgan fingerprint density at radius 3 is 2.69 bits per heavy atom. The number of nitriles is 1. The van der Waals surface area contributed by atoms with Crippen LogP contribution in [-0.4, -0.2) is 11.4 Å². The molecule has 1 aromatic rings. The third-order valence-corrected chi connectivity index (χ3v) is 2.04. The first kappa shape index (κ1) is 12.2. The molecule has 4 heteroatoms. The Kier molecular flexibility index (Phi) is 3.62. The molecule has 0 radical (unpaired) electrons. The Morgan fingerprint density at radius 2 is 2.12 bits per heavy atom. The molecule has 16 heavy (non-hydrogen) atoms. The van der Waals surface area contributed by atoms with E-state index in [1.165, 1.54) is 6.07 Å². The van der Waals surface area contributed by atoms with E-state index in [9.17, 15) is 9.18 Å². The van der Waals surface area contributed by atoms with Crippen molar-refractivity contribution in [2.45, 2.75) is 25.8 Å². The van der Waals surface area contributed by atoms with Crippen LogP contribution in [0.2, 0.25) is 0 Å². The monoisotopic (exact) mass is 220 g/mol. The zero-order chi connectivity index (χ0) is 12.2. The van der Waals surface area contributed by atoms with Gasteiger partial charge in [-0.1, -0.05) is 18.2 Å². The van der Waals surface area contributed by atoms with Gasteiger partial charge >= 0.3 is 0 Å². The van der Waals surface area contributed by atoms with Crippen molar-refractivity contribution < 1.29 is 9.18 Å². The van der Waals surface area contributed by atoms with Gasteiger partial charge in [0.2, 0.25) is 5.91 Å². The molecule has 0 heterocycles. The van der Waals surface area contributed by atoms with Crippen LogP contribution >= 0.6 is 0 Å². The predicted molar refractivity (Wildman–Crippen MR) is 57.9 cm³/mol. The molecule has 0 aliphatic carbocycles.